The van der Waals surface area contributed by atoms with E-state index >= 15 is 0 Å². The fourth-order valence-corrected chi connectivity index (χ4v) is 4.92. The van der Waals surface area contributed by atoms with Crippen LogP contribution in [0.25, 0.3) is 28.6 Å². The number of aliphatic hydroxyl groups is 2. The van der Waals surface area contributed by atoms with Gasteiger partial charge in [-0.3, -0.25) is 0 Å². The fraction of sp³-hybridized carbons (Fsp3) is 0.269. The summed E-state index contributed by atoms with van der Waals surface area (Å²) in [5.74, 6) is -2.14. The maximum absolute atomic E-state index is 13.7. The highest BCUT2D eigenvalue weighted by molar-refractivity contribution is 9.10. The van der Waals surface area contributed by atoms with Gasteiger partial charge in [-0.25, -0.2) is 8.78 Å². The molecule has 0 aliphatic heterocycles. The van der Waals surface area contributed by atoms with Gasteiger partial charge in [-0.05, 0) is 75.4 Å². The molecule has 0 fully saturated rings. The highest BCUT2D eigenvalue weighted by Crippen LogP contribution is 2.45. The number of rotatable bonds is 9. The molecule has 2 aromatic carbocycles. The Morgan fingerprint density at radius 2 is 1.56 bits per heavy atom. The van der Waals surface area contributed by atoms with E-state index < -0.39 is 24.6 Å². The van der Waals surface area contributed by atoms with Crippen LogP contribution >= 0.6 is 15.9 Å². The summed E-state index contributed by atoms with van der Waals surface area (Å²) in [6, 6.07) is 12.0. The van der Waals surface area contributed by atoms with E-state index in [4.69, 9.17) is 0 Å². The van der Waals surface area contributed by atoms with Crippen LogP contribution in [0.15, 0.2) is 59.1 Å². The number of benzene rings is 2. The number of aliphatic carboxylic acids is 1. The van der Waals surface area contributed by atoms with E-state index in [9.17, 15) is 28.9 Å². The highest BCUT2D eigenvalue weighted by atomic mass is 79.9. The summed E-state index contributed by atoms with van der Waals surface area (Å²) in [4.78, 5) is 10.7. The van der Waals surface area contributed by atoms with Gasteiger partial charge < -0.3 is 24.7 Å². The Morgan fingerprint density at radius 3 is 2.06 bits per heavy atom. The number of carboxylic acid groups (broad SMARTS) is 1. The molecule has 0 saturated carbocycles. The molecule has 0 saturated heterocycles. The lowest BCUT2D eigenvalue weighted by Crippen LogP contribution is -2.29. The molecule has 0 aliphatic rings. The minimum absolute atomic E-state index is 0.0215. The molecule has 2 N–H and O–H groups in total. The van der Waals surface area contributed by atoms with E-state index in [1.807, 2.05) is 18.4 Å². The summed E-state index contributed by atoms with van der Waals surface area (Å²) in [6.07, 6.45) is -0.0312. The predicted octanol–water partition coefficient (Wildman–Crippen LogP) is 4.71. The van der Waals surface area contributed by atoms with Crippen molar-refractivity contribution in [3.63, 3.8) is 0 Å². The first-order chi connectivity index (χ1) is 16.1. The van der Waals surface area contributed by atoms with Crippen molar-refractivity contribution in [3.05, 3.63) is 76.4 Å². The molecule has 3 rings (SSSR count). The van der Waals surface area contributed by atoms with Gasteiger partial charge in [-0.2, -0.15) is 0 Å². The zero-order valence-corrected chi connectivity index (χ0v) is 20.3. The fourth-order valence-electron chi connectivity index (χ4n) is 3.85. The molecule has 1 heterocycles. The van der Waals surface area contributed by atoms with Crippen LogP contribution in [-0.4, -0.2) is 33.0 Å². The van der Waals surface area contributed by atoms with Gasteiger partial charge >= 0.3 is 0 Å². The minimum Gasteiger partial charge on any atom is -0.550 e. The van der Waals surface area contributed by atoms with Crippen molar-refractivity contribution in [2.45, 2.75) is 44.8 Å². The molecular formula is C26H25BrF2NO4-. The summed E-state index contributed by atoms with van der Waals surface area (Å²) >= 11 is 3.70. The first kappa shape index (κ1) is 25.8. The largest absolute Gasteiger partial charge is 0.550 e. The molecule has 8 heteroatoms. The molecule has 0 spiro atoms. The summed E-state index contributed by atoms with van der Waals surface area (Å²) in [5, 5.41) is 30.9. The van der Waals surface area contributed by atoms with Gasteiger partial charge in [0, 0.05) is 40.7 Å². The lowest BCUT2D eigenvalue weighted by atomic mass is 10.0. The van der Waals surface area contributed by atoms with Crippen molar-refractivity contribution in [2.75, 3.05) is 0 Å². The van der Waals surface area contributed by atoms with Crippen LogP contribution in [-0.2, 0) is 4.79 Å². The van der Waals surface area contributed by atoms with Gasteiger partial charge in [0.15, 0.2) is 0 Å². The van der Waals surface area contributed by atoms with Crippen molar-refractivity contribution in [3.8, 4) is 22.4 Å². The molecule has 2 atom stereocenters. The number of aromatic nitrogens is 1. The third-order valence-electron chi connectivity index (χ3n) is 5.35. The van der Waals surface area contributed by atoms with Gasteiger partial charge in [-0.1, -0.05) is 26.0 Å². The highest BCUT2D eigenvalue weighted by Gasteiger charge is 2.24. The van der Waals surface area contributed by atoms with E-state index in [1.54, 1.807) is 30.5 Å². The lowest BCUT2D eigenvalue weighted by Gasteiger charge is -2.16. The Kier molecular flexibility index (Phi) is 8.41. The average molecular weight is 533 g/mol. The number of aliphatic hydroxyl groups excluding tert-OH is 2. The van der Waals surface area contributed by atoms with Crippen LogP contribution in [0.5, 0.6) is 0 Å². The number of nitrogens with zero attached hydrogens (tertiary/aromatic N) is 1. The van der Waals surface area contributed by atoms with Crippen LogP contribution in [0.2, 0.25) is 0 Å². The maximum atomic E-state index is 13.7. The predicted molar refractivity (Wildman–Crippen MR) is 129 cm³/mol. The van der Waals surface area contributed by atoms with Crippen LogP contribution in [0.4, 0.5) is 8.78 Å². The number of hydrogen-bond acceptors (Lipinski definition) is 4. The second-order valence-corrected chi connectivity index (χ2v) is 9.13. The molecule has 0 amide bonds. The number of carbonyl (C=O) groups is 1. The van der Waals surface area contributed by atoms with Crippen molar-refractivity contribution < 1.29 is 28.9 Å². The van der Waals surface area contributed by atoms with Gasteiger partial charge in [-0.15, -0.1) is 0 Å². The zero-order valence-electron chi connectivity index (χ0n) is 18.7. The van der Waals surface area contributed by atoms with Gasteiger partial charge in [0.2, 0.25) is 0 Å². The molecule has 0 aliphatic carbocycles. The van der Waals surface area contributed by atoms with Crippen molar-refractivity contribution in [1.82, 2.24) is 4.57 Å². The molecule has 3 aromatic rings. The Bertz CT molecular complexity index is 1170. The quantitative estimate of drug-likeness (QED) is 0.418. The Labute approximate surface area is 205 Å². The molecule has 0 unspecified atom stereocenters. The first-order valence-electron chi connectivity index (χ1n) is 10.8. The van der Waals surface area contributed by atoms with E-state index in [-0.39, 0.29) is 24.0 Å². The van der Waals surface area contributed by atoms with E-state index in [1.165, 1.54) is 30.3 Å². The molecule has 0 radical (unpaired) electrons. The number of carbonyl (C=O) groups excluding carboxylic acids is 1. The third kappa shape index (κ3) is 6.00. The standard InChI is InChI=1S/C26H26BrF2NO4/c1-15(2)25-24(27)23(16-3-7-18(28)8-4-16)26(17-5-9-19(29)10-6-17)30(25)12-11-20(31)13-21(32)14-22(33)34/h3-12,15,20-21,31-32H,13-14H2,1-2H3,(H,33,34)/p-1/b12-11+/t20-,21-/m1/s1. The first-order valence-corrected chi connectivity index (χ1v) is 11.6. The topological polar surface area (TPSA) is 85.5 Å². The number of halogens is 3. The van der Waals surface area contributed by atoms with Crippen molar-refractivity contribution in [2.24, 2.45) is 0 Å². The second kappa shape index (κ2) is 11.1. The Hall–Kier alpha value is -2.81. The molecule has 1 aromatic heterocycles. The van der Waals surface area contributed by atoms with Gasteiger partial charge in [0.05, 0.1) is 17.9 Å². The molecule has 0 bridgehead atoms. The number of hydrogen-bond donors (Lipinski definition) is 2. The van der Waals surface area contributed by atoms with Crippen molar-refractivity contribution in [1.29, 1.82) is 0 Å². The summed E-state index contributed by atoms with van der Waals surface area (Å²) in [7, 11) is 0. The summed E-state index contributed by atoms with van der Waals surface area (Å²) in [5.41, 5.74) is 3.76. The van der Waals surface area contributed by atoms with E-state index in [0.29, 0.717) is 11.3 Å². The molecule has 34 heavy (non-hydrogen) atoms. The molecule has 180 valence electrons. The minimum atomic E-state index is -1.40. The SMILES string of the molecule is CC(C)c1c(Br)c(-c2ccc(F)cc2)c(-c2ccc(F)cc2)n1/C=C/[C@@H](O)C[C@@H](O)CC(=O)[O-]. The van der Waals surface area contributed by atoms with Crippen LogP contribution in [0.3, 0.4) is 0 Å². The van der Waals surface area contributed by atoms with Gasteiger partial charge in [0.1, 0.15) is 11.6 Å². The normalized spacial score (nSPS) is 13.5. The second-order valence-electron chi connectivity index (χ2n) is 8.34. The Morgan fingerprint density at radius 1 is 1.03 bits per heavy atom. The third-order valence-corrected chi connectivity index (χ3v) is 6.15. The van der Waals surface area contributed by atoms with Crippen LogP contribution in [0, 0.1) is 11.6 Å². The van der Waals surface area contributed by atoms with E-state index in [0.717, 1.165) is 21.3 Å². The average Bonchev–Trinajstić information content (AvgIpc) is 3.05. The summed E-state index contributed by atoms with van der Waals surface area (Å²) in [6.45, 7) is 3.99. The maximum Gasteiger partial charge on any atom is 0.123 e. The lowest BCUT2D eigenvalue weighted by molar-refractivity contribution is -0.307. The van der Waals surface area contributed by atoms with E-state index in [2.05, 4.69) is 15.9 Å². The van der Waals surface area contributed by atoms with Crippen LogP contribution < -0.4 is 5.11 Å². The zero-order chi connectivity index (χ0) is 25.0. The van der Waals surface area contributed by atoms with Gasteiger partial charge in [0.25, 0.3) is 0 Å². The smallest absolute Gasteiger partial charge is 0.123 e. The number of carboxylic acids is 1. The molecule has 5 nitrogen and oxygen atoms in total. The van der Waals surface area contributed by atoms with Crippen LogP contribution in [0.1, 0.15) is 38.3 Å². The summed E-state index contributed by atoms with van der Waals surface area (Å²) < 4.78 is 29.9. The molecular weight excluding hydrogens is 508 g/mol. The van der Waals surface area contributed by atoms with Crippen molar-refractivity contribution >= 4 is 28.1 Å². The monoisotopic (exact) mass is 532 g/mol. The Balaban J connectivity index is 2.17.